The summed E-state index contributed by atoms with van der Waals surface area (Å²) in [6.07, 6.45) is 3.34. The number of thiophene rings is 1. The maximum absolute atomic E-state index is 2.44. The third kappa shape index (κ3) is 4.47. The van der Waals surface area contributed by atoms with Gasteiger partial charge in [0.05, 0.1) is 0 Å². The molecule has 0 aliphatic rings. The number of hydrogen-bond acceptors (Lipinski definition) is 1. The molecular weight excluding hydrogens is 297 g/mol. The Morgan fingerprint density at radius 3 is 2.33 bits per heavy atom. The standard InChI is InChI=1S/C16H20GeS/c1-17(2,3)11-10-14-6-8-15(9-7-14)13-16-5-4-12-18-16/h4-12H,13H2,1-3H3/b11-10+. The van der Waals surface area contributed by atoms with Crippen LogP contribution in [0.25, 0.3) is 6.08 Å². The van der Waals surface area contributed by atoms with E-state index in [9.17, 15) is 0 Å². The fourth-order valence-electron chi connectivity index (χ4n) is 1.71. The van der Waals surface area contributed by atoms with Gasteiger partial charge in [0.25, 0.3) is 0 Å². The van der Waals surface area contributed by atoms with Crippen LogP contribution in [-0.4, -0.2) is 13.3 Å². The first-order valence-electron chi connectivity index (χ1n) is 6.33. The Bertz CT molecular complexity index is 501. The summed E-state index contributed by atoms with van der Waals surface area (Å²) < 4.78 is 0. The number of benzene rings is 1. The van der Waals surface area contributed by atoms with E-state index < -0.39 is 13.3 Å². The van der Waals surface area contributed by atoms with Crippen LogP contribution in [0, 0.1) is 0 Å². The normalized spacial score (nSPS) is 12.2. The van der Waals surface area contributed by atoms with E-state index in [-0.39, 0.29) is 0 Å². The zero-order valence-corrected chi connectivity index (χ0v) is 14.2. The SMILES string of the molecule is [CH3][Ge]([CH3])([CH3])/[CH]=C/c1ccc(Cc2cccs2)cc1. The Hall–Kier alpha value is -0.797. The Morgan fingerprint density at radius 2 is 1.78 bits per heavy atom. The number of rotatable bonds is 4. The molecule has 0 aliphatic heterocycles. The van der Waals surface area contributed by atoms with Gasteiger partial charge in [-0.1, -0.05) is 0 Å². The predicted octanol–water partition coefficient (Wildman–Crippen LogP) is 5.23. The van der Waals surface area contributed by atoms with Gasteiger partial charge in [-0.25, -0.2) is 0 Å². The van der Waals surface area contributed by atoms with Crippen molar-refractivity contribution < 1.29 is 0 Å². The predicted molar refractivity (Wildman–Crippen MR) is 85.9 cm³/mol. The first kappa shape index (κ1) is 13.6. The average molecular weight is 317 g/mol. The van der Waals surface area contributed by atoms with Crippen LogP contribution in [0.2, 0.25) is 17.3 Å². The molecule has 0 radical (unpaired) electrons. The van der Waals surface area contributed by atoms with E-state index in [4.69, 9.17) is 0 Å². The third-order valence-corrected chi connectivity index (χ3v) is 6.04. The molecule has 1 heterocycles. The van der Waals surface area contributed by atoms with Crippen molar-refractivity contribution in [2.45, 2.75) is 23.7 Å². The number of hydrogen-bond donors (Lipinski definition) is 0. The molecular formula is C16H20GeS. The molecule has 0 N–H and O–H groups in total. The molecule has 2 aromatic rings. The van der Waals surface area contributed by atoms with E-state index in [0.29, 0.717) is 0 Å². The van der Waals surface area contributed by atoms with Crippen LogP contribution in [0.5, 0.6) is 0 Å². The maximum atomic E-state index is 2.44. The molecule has 0 atom stereocenters. The van der Waals surface area contributed by atoms with Gasteiger partial charge in [0.2, 0.25) is 0 Å². The van der Waals surface area contributed by atoms with Crippen LogP contribution in [0.1, 0.15) is 16.0 Å². The molecule has 0 amide bonds. The summed E-state index contributed by atoms with van der Waals surface area (Å²) in [5, 5.41) is 2.14. The molecule has 0 aliphatic carbocycles. The molecule has 0 fully saturated rings. The molecule has 0 nitrogen and oxygen atoms in total. The monoisotopic (exact) mass is 318 g/mol. The minimum absolute atomic E-state index is 1.05. The second-order valence-corrected chi connectivity index (χ2v) is 17.4. The summed E-state index contributed by atoms with van der Waals surface area (Å²) >= 11 is 0.279. The molecule has 1 aromatic heterocycles. The van der Waals surface area contributed by atoms with Gasteiger partial charge in [-0.2, -0.15) is 0 Å². The Kier molecular flexibility index (Phi) is 4.46. The Balaban J connectivity index is 2.04. The first-order valence-corrected chi connectivity index (χ1v) is 14.7. The van der Waals surface area contributed by atoms with Gasteiger partial charge in [0.15, 0.2) is 0 Å². The third-order valence-electron chi connectivity index (χ3n) is 2.71. The van der Waals surface area contributed by atoms with E-state index >= 15 is 0 Å². The van der Waals surface area contributed by atoms with E-state index in [1.165, 1.54) is 16.0 Å². The van der Waals surface area contributed by atoms with Gasteiger partial charge < -0.3 is 0 Å². The van der Waals surface area contributed by atoms with Crippen molar-refractivity contribution in [3.05, 3.63) is 62.7 Å². The topological polar surface area (TPSA) is 0 Å². The van der Waals surface area contributed by atoms with Crippen molar-refractivity contribution in [2.24, 2.45) is 0 Å². The fraction of sp³-hybridized carbons (Fsp3) is 0.250. The van der Waals surface area contributed by atoms with E-state index in [0.717, 1.165) is 6.42 Å². The summed E-state index contributed by atoms with van der Waals surface area (Å²) in [5.74, 6) is 7.21. The van der Waals surface area contributed by atoms with Crippen molar-refractivity contribution in [2.75, 3.05) is 0 Å². The zero-order chi connectivity index (χ0) is 13.0. The minimum atomic E-state index is -1.55. The van der Waals surface area contributed by atoms with E-state index in [1.807, 2.05) is 11.3 Å². The summed E-state index contributed by atoms with van der Waals surface area (Å²) in [4.78, 5) is 3.87. The summed E-state index contributed by atoms with van der Waals surface area (Å²) in [6.45, 7) is 0. The molecule has 18 heavy (non-hydrogen) atoms. The van der Waals surface area contributed by atoms with E-state index in [1.54, 1.807) is 0 Å². The molecule has 0 saturated heterocycles. The van der Waals surface area contributed by atoms with Gasteiger partial charge >= 0.3 is 117 Å². The van der Waals surface area contributed by atoms with Crippen molar-refractivity contribution in [1.82, 2.24) is 0 Å². The van der Waals surface area contributed by atoms with Crippen molar-refractivity contribution in [3.63, 3.8) is 0 Å². The first-order chi connectivity index (χ1) is 8.53. The molecule has 0 bridgehead atoms. The van der Waals surface area contributed by atoms with Gasteiger partial charge in [-0.15, -0.1) is 0 Å². The van der Waals surface area contributed by atoms with Crippen LogP contribution in [0.3, 0.4) is 0 Å². The molecule has 94 valence electrons. The molecule has 2 rings (SSSR count). The molecule has 0 spiro atoms. The molecule has 2 heteroatoms. The second-order valence-electron chi connectivity index (χ2n) is 5.70. The molecule has 1 aromatic carbocycles. The second kappa shape index (κ2) is 5.90. The van der Waals surface area contributed by atoms with Crippen LogP contribution >= 0.6 is 11.3 Å². The van der Waals surface area contributed by atoms with Gasteiger partial charge in [0.1, 0.15) is 0 Å². The Morgan fingerprint density at radius 1 is 1.06 bits per heavy atom. The van der Waals surface area contributed by atoms with Gasteiger partial charge in [-0.3, -0.25) is 0 Å². The Labute approximate surface area is 117 Å². The quantitative estimate of drug-likeness (QED) is 0.677. The summed E-state index contributed by atoms with van der Waals surface area (Å²) in [5.41, 5.74) is 2.72. The van der Waals surface area contributed by atoms with Crippen molar-refractivity contribution in [1.29, 1.82) is 0 Å². The van der Waals surface area contributed by atoms with Crippen molar-refractivity contribution in [3.8, 4) is 0 Å². The van der Waals surface area contributed by atoms with Crippen LogP contribution in [-0.2, 0) is 6.42 Å². The van der Waals surface area contributed by atoms with E-state index in [2.05, 4.69) is 70.0 Å². The zero-order valence-electron chi connectivity index (χ0n) is 11.3. The van der Waals surface area contributed by atoms with Crippen molar-refractivity contribution >= 4 is 30.7 Å². The molecule has 0 unspecified atom stereocenters. The van der Waals surface area contributed by atoms with Crippen LogP contribution < -0.4 is 0 Å². The van der Waals surface area contributed by atoms with Gasteiger partial charge in [-0.05, 0) is 0 Å². The summed E-state index contributed by atoms with van der Waals surface area (Å²) in [6, 6.07) is 13.3. The van der Waals surface area contributed by atoms with Crippen LogP contribution in [0.4, 0.5) is 0 Å². The fourth-order valence-corrected chi connectivity index (χ4v) is 3.90. The summed E-state index contributed by atoms with van der Waals surface area (Å²) in [7, 11) is 0. The van der Waals surface area contributed by atoms with Gasteiger partial charge in [0, 0.05) is 0 Å². The molecule has 0 saturated carbocycles. The average Bonchev–Trinajstić information content (AvgIpc) is 2.80. The van der Waals surface area contributed by atoms with Crippen LogP contribution in [0.15, 0.2) is 46.7 Å².